The summed E-state index contributed by atoms with van der Waals surface area (Å²) in [6.45, 7) is 0. The van der Waals surface area contributed by atoms with Crippen molar-refractivity contribution in [3.05, 3.63) is 40.5 Å². The first-order valence-corrected chi connectivity index (χ1v) is 6.00. The van der Waals surface area contributed by atoms with Crippen molar-refractivity contribution in [2.45, 2.75) is 24.9 Å². The average molecular weight is 272 g/mol. The fraction of sp³-hybridized carbons (Fsp3) is 0.308. The van der Waals surface area contributed by atoms with Crippen molar-refractivity contribution >= 4 is 22.5 Å². The Morgan fingerprint density at radius 3 is 2.50 bits per heavy atom. The molecule has 1 aliphatic carbocycles. The topological polar surface area (TPSA) is 12.9 Å². The van der Waals surface area contributed by atoms with Crippen molar-refractivity contribution < 1.29 is 13.2 Å². The summed E-state index contributed by atoms with van der Waals surface area (Å²) in [5.41, 5.74) is 0.255. The van der Waals surface area contributed by atoms with Gasteiger partial charge in [-0.2, -0.15) is 13.2 Å². The highest BCUT2D eigenvalue weighted by molar-refractivity contribution is 6.31. The van der Waals surface area contributed by atoms with Crippen molar-refractivity contribution in [2.75, 3.05) is 0 Å². The van der Waals surface area contributed by atoms with E-state index in [2.05, 4.69) is 4.98 Å². The number of rotatable bonds is 1. The Bertz CT molecular complexity index is 617. The van der Waals surface area contributed by atoms with Crippen molar-refractivity contribution in [3.63, 3.8) is 0 Å². The standard InChI is InChI=1S/C13H9ClF3N/c14-8-3-4-11-9(5-8)10(13(15,16)17)6-12(18-11)7-1-2-7/h3-7H,1-2H2. The Labute approximate surface area is 107 Å². The Hall–Kier alpha value is -1.29. The van der Waals surface area contributed by atoms with E-state index < -0.39 is 11.7 Å². The molecule has 0 aliphatic heterocycles. The summed E-state index contributed by atoms with van der Waals surface area (Å²) < 4.78 is 39.1. The van der Waals surface area contributed by atoms with E-state index in [1.54, 1.807) is 12.1 Å². The molecular formula is C13H9ClF3N. The molecule has 0 N–H and O–H groups in total. The van der Waals surface area contributed by atoms with E-state index in [4.69, 9.17) is 11.6 Å². The number of hydrogen-bond donors (Lipinski definition) is 0. The van der Waals surface area contributed by atoms with Gasteiger partial charge in [-0.15, -0.1) is 0 Å². The van der Waals surface area contributed by atoms with Crippen molar-refractivity contribution in [3.8, 4) is 0 Å². The summed E-state index contributed by atoms with van der Waals surface area (Å²) in [6, 6.07) is 5.59. The van der Waals surface area contributed by atoms with Gasteiger partial charge in [-0.05, 0) is 37.1 Å². The summed E-state index contributed by atoms with van der Waals surface area (Å²) in [6.07, 6.45) is -2.54. The zero-order valence-corrected chi connectivity index (χ0v) is 10.0. The van der Waals surface area contributed by atoms with E-state index in [1.807, 2.05) is 0 Å². The Morgan fingerprint density at radius 1 is 1.17 bits per heavy atom. The van der Waals surface area contributed by atoms with E-state index in [9.17, 15) is 13.2 Å². The number of pyridine rings is 1. The zero-order chi connectivity index (χ0) is 12.9. The predicted octanol–water partition coefficient (Wildman–Crippen LogP) is 4.78. The number of benzene rings is 1. The van der Waals surface area contributed by atoms with Gasteiger partial charge >= 0.3 is 6.18 Å². The SMILES string of the molecule is FC(F)(F)c1cc(C2CC2)nc2ccc(Cl)cc12. The average Bonchev–Trinajstić information content (AvgIpc) is 3.10. The van der Waals surface area contributed by atoms with Crippen LogP contribution in [-0.2, 0) is 6.18 Å². The first kappa shape index (κ1) is 11.8. The maximum Gasteiger partial charge on any atom is 0.417 e. The molecular weight excluding hydrogens is 263 g/mol. The number of hydrogen-bond acceptors (Lipinski definition) is 1. The van der Waals surface area contributed by atoms with Crippen molar-refractivity contribution in [1.29, 1.82) is 0 Å². The van der Waals surface area contributed by atoms with Crippen molar-refractivity contribution in [2.24, 2.45) is 0 Å². The highest BCUT2D eigenvalue weighted by Crippen LogP contribution is 2.43. The van der Waals surface area contributed by atoms with E-state index in [0.29, 0.717) is 11.2 Å². The molecule has 0 atom stereocenters. The first-order chi connectivity index (χ1) is 8.45. The van der Waals surface area contributed by atoms with Crippen LogP contribution in [-0.4, -0.2) is 4.98 Å². The molecule has 1 nitrogen and oxygen atoms in total. The molecule has 1 aromatic heterocycles. The number of nitrogens with zero attached hydrogens (tertiary/aromatic N) is 1. The summed E-state index contributed by atoms with van der Waals surface area (Å²) in [4.78, 5) is 4.29. The first-order valence-electron chi connectivity index (χ1n) is 5.62. The molecule has 0 saturated heterocycles. The molecule has 1 aromatic carbocycles. The van der Waals surface area contributed by atoms with Crippen LogP contribution >= 0.6 is 11.6 Å². The lowest BCUT2D eigenvalue weighted by molar-refractivity contribution is -0.136. The second-order valence-electron chi connectivity index (χ2n) is 4.53. The van der Waals surface area contributed by atoms with Gasteiger partial charge in [-0.1, -0.05) is 11.6 Å². The lowest BCUT2D eigenvalue weighted by Gasteiger charge is -2.12. The highest BCUT2D eigenvalue weighted by atomic mass is 35.5. The van der Waals surface area contributed by atoms with Crippen LogP contribution in [0.3, 0.4) is 0 Å². The second kappa shape index (κ2) is 3.85. The van der Waals surface area contributed by atoms with Crippen LogP contribution in [0.2, 0.25) is 5.02 Å². The molecule has 3 rings (SSSR count). The number of fused-ring (bicyclic) bond motifs is 1. The molecule has 1 fully saturated rings. The third-order valence-electron chi connectivity index (χ3n) is 3.09. The molecule has 18 heavy (non-hydrogen) atoms. The summed E-state index contributed by atoms with van der Waals surface area (Å²) in [5.74, 6) is 0.186. The van der Waals surface area contributed by atoms with Crippen LogP contribution in [0.1, 0.15) is 30.0 Å². The van der Waals surface area contributed by atoms with Gasteiger partial charge in [0.05, 0.1) is 11.1 Å². The van der Waals surface area contributed by atoms with Gasteiger partial charge in [0, 0.05) is 22.0 Å². The third kappa shape index (κ3) is 2.05. The normalized spacial score (nSPS) is 16.2. The number of alkyl halides is 3. The van der Waals surface area contributed by atoms with E-state index >= 15 is 0 Å². The Morgan fingerprint density at radius 2 is 1.89 bits per heavy atom. The molecule has 1 heterocycles. The Kier molecular flexibility index (Phi) is 2.52. The monoisotopic (exact) mass is 271 g/mol. The predicted molar refractivity (Wildman–Crippen MR) is 63.7 cm³/mol. The molecule has 0 bridgehead atoms. The van der Waals surface area contributed by atoms with Crippen LogP contribution in [0.5, 0.6) is 0 Å². The molecule has 1 aliphatic rings. The maximum atomic E-state index is 13.0. The minimum absolute atomic E-state index is 0.0689. The molecule has 94 valence electrons. The van der Waals surface area contributed by atoms with Gasteiger partial charge in [0.25, 0.3) is 0 Å². The largest absolute Gasteiger partial charge is 0.417 e. The number of aromatic nitrogens is 1. The van der Waals surface area contributed by atoms with Crippen LogP contribution in [0.15, 0.2) is 24.3 Å². The highest BCUT2D eigenvalue weighted by Gasteiger charge is 2.35. The smallest absolute Gasteiger partial charge is 0.253 e. The molecule has 5 heteroatoms. The van der Waals surface area contributed by atoms with Gasteiger partial charge < -0.3 is 0 Å². The molecule has 1 saturated carbocycles. The lowest BCUT2D eigenvalue weighted by Crippen LogP contribution is -2.08. The van der Waals surface area contributed by atoms with E-state index in [-0.39, 0.29) is 16.3 Å². The zero-order valence-electron chi connectivity index (χ0n) is 9.26. The molecule has 0 radical (unpaired) electrons. The fourth-order valence-corrected chi connectivity index (χ4v) is 2.21. The van der Waals surface area contributed by atoms with Gasteiger partial charge in [0.1, 0.15) is 0 Å². The van der Waals surface area contributed by atoms with Crippen LogP contribution in [0.4, 0.5) is 13.2 Å². The molecule has 0 unspecified atom stereocenters. The van der Waals surface area contributed by atoms with Gasteiger partial charge in [-0.3, -0.25) is 4.98 Å². The Balaban J connectivity index is 2.30. The summed E-state index contributed by atoms with van der Waals surface area (Å²) in [7, 11) is 0. The van der Waals surface area contributed by atoms with Crippen LogP contribution in [0.25, 0.3) is 10.9 Å². The van der Waals surface area contributed by atoms with E-state index in [1.165, 1.54) is 6.07 Å². The van der Waals surface area contributed by atoms with E-state index in [0.717, 1.165) is 18.9 Å². The van der Waals surface area contributed by atoms with Gasteiger partial charge in [-0.25, -0.2) is 0 Å². The summed E-state index contributed by atoms with van der Waals surface area (Å²) >= 11 is 5.76. The molecule has 0 spiro atoms. The third-order valence-corrected chi connectivity index (χ3v) is 3.33. The number of halogens is 4. The quantitative estimate of drug-likeness (QED) is 0.727. The van der Waals surface area contributed by atoms with Gasteiger partial charge in [0.2, 0.25) is 0 Å². The van der Waals surface area contributed by atoms with Crippen LogP contribution < -0.4 is 0 Å². The van der Waals surface area contributed by atoms with Crippen LogP contribution in [0, 0.1) is 0 Å². The lowest BCUT2D eigenvalue weighted by atomic mass is 10.1. The minimum atomic E-state index is -4.38. The molecule has 2 aromatic rings. The fourth-order valence-electron chi connectivity index (χ4n) is 2.04. The maximum absolute atomic E-state index is 13.0. The molecule has 0 amide bonds. The van der Waals surface area contributed by atoms with Gasteiger partial charge in [0.15, 0.2) is 0 Å². The minimum Gasteiger partial charge on any atom is -0.253 e. The summed E-state index contributed by atoms with van der Waals surface area (Å²) in [5, 5.41) is 0.355. The van der Waals surface area contributed by atoms with Crippen molar-refractivity contribution in [1.82, 2.24) is 4.98 Å². The second-order valence-corrected chi connectivity index (χ2v) is 4.96.